The molecule has 2 rings (SSSR count). The molecule has 1 fully saturated rings. The zero-order valence-corrected chi connectivity index (χ0v) is 13.0. The van der Waals surface area contributed by atoms with Gasteiger partial charge in [0, 0.05) is 12.6 Å². The highest BCUT2D eigenvalue weighted by atomic mass is 16.5. The van der Waals surface area contributed by atoms with Crippen molar-refractivity contribution >= 4 is 11.9 Å². The summed E-state index contributed by atoms with van der Waals surface area (Å²) >= 11 is 0. The van der Waals surface area contributed by atoms with Gasteiger partial charge in [0.25, 0.3) is 0 Å². The van der Waals surface area contributed by atoms with Gasteiger partial charge in [-0.2, -0.15) is 15.0 Å². The van der Waals surface area contributed by atoms with Crippen LogP contribution in [0.25, 0.3) is 0 Å². The maximum atomic E-state index is 5.59. The first-order valence-electron chi connectivity index (χ1n) is 7.34. The van der Waals surface area contributed by atoms with Crippen molar-refractivity contribution in [1.29, 1.82) is 0 Å². The van der Waals surface area contributed by atoms with Crippen LogP contribution in [0, 0.1) is 5.41 Å². The molecule has 112 valence electrons. The number of aromatic nitrogens is 3. The van der Waals surface area contributed by atoms with Gasteiger partial charge in [-0.05, 0) is 32.1 Å². The maximum absolute atomic E-state index is 5.59. The van der Waals surface area contributed by atoms with E-state index in [0.29, 0.717) is 29.4 Å². The SMILES string of the molecule is CCCNc1nc(NC2CC2(C)C)nc(OC(C)C)n1. The first-order chi connectivity index (χ1) is 9.40. The van der Waals surface area contributed by atoms with Crippen LogP contribution < -0.4 is 15.4 Å². The second-order valence-electron chi connectivity index (χ2n) is 6.25. The minimum absolute atomic E-state index is 0.0432. The molecule has 0 aliphatic heterocycles. The van der Waals surface area contributed by atoms with Crippen LogP contribution >= 0.6 is 0 Å². The van der Waals surface area contributed by atoms with Gasteiger partial charge in [-0.15, -0.1) is 0 Å². The van der Waals surface area contributed by atoms with Crippen molar-refractivity contribution in [3.8, 4) is 6.01 Å². The molecule has 0 saturated heterocycles. The van der Waals surface area contributed by atoms with Gasteiger partial charge in [-0.25, -0.2) is 0 Å². The fourth-order valence-electron chi connectivity index (χ4n) is 1.87. The van der Waals surface area contributed by atoms with Crippen molar-refractivity contribution in [3.63, 3.8) is 0 Å². The van der Waals surface area contributed by atoms with Crippen LogP contribution in [0.3, 0.4) is 0 Å². The lowest BCUT2D eigenvalue weighted by Crippen LogP contribution is -2.16. The molecule has 1 atom stereocenters. The molecule has 20 heavy (non-hydrogen) atoms. The van der Waals surface area contributed by atoms with Crippen LogP contribution in [-0.2, 0) is 0 Å². The van der Waals surface area contributed by atoms with Crippen molar-refractivity contribution < 1.29 is 4.74 Å². The normalized spacial score (nSPS) is 19.8. The predicted octanol–water partition coefficient (Wildman–Crippen LogP) is 2.69. The molecule has 0 spiro atoms. The number of nitrogens with one attached hydrogen (secondary N) is 2. The molecule has 0 amide bonds. The molecular formula is C14H25N5O. The zero-order chi connectivity index (χ0) is 14.8. The lowest BCUT2D eigenvalue weighted by molar-refractivity contribution is 0.222. The second-order valence-corrected chi connectivity index (χ2v) is 6.25. The largest absolute Gasteiger partial charge is 0.461 e. The van der Waals surface area contributed by atoms with E-state index in [4.69, 9.17) is 4.74 Å². The molecular weight excluding hydrogens is 254 g/mol. The minimum Gasteiger partial charge on any atom is -0.461 e. The highest BCUT2D eigenvalue weighted by molar-refractivity contribution is 5.38. The summed E-state index contributed by atoms with van der Waals surface area (Å²) in [5.41, 5.74) is 0.322. The summed E-state index contributed by atoms with van der Waals surface area (Å²) in [7, 11) is 0. The number of anilines is 2. The first kappa shape index (κ1) is 14.8. The van der Waals surface area contributed by atoms with Gasteiger partial charge in [0.15, 0.2) is 0 Å². The summed E-state index contributed by atoms with van der Waals surface area (Å²) in [5, 5.41) is 6.53. The first-order valence-corrected chi connectivity index (χ1v) is 7.34. The van der Waals surface area contributed by atoms with Crippen molar-refractivity contribution in [2.75, 3.05) is 17.2 Å². The third-order valence-corrected chi connectivity index (χ3v) is 3.31. The molecule has 1 unspecified atom stereocenters. The van der Waals surface area contributed by atoms with Crippen LogP contribution in [0.2, 0.25) is 0 Å². The molecule has 1 aliphatic carbocycles. The molecule has 1 heterocycles. The summed E-state index contributed by atoms with van der Waals surface area (Å²) in [5.74, 6) is 1.16. The number of nitrogens with zero attached hydrogens (tertiary/aromatic N) is 3. The molecule has 6 heteroatoms. The van der Waals surface area contributed by atoms with E-state index < -0.39 is 0 Å². The van der Waals surface area contributed by atoms with Crippen molar-refractivity contribution in [2.45, 2.75) is 59.6 Å². The van der Waals surface area contributed by atoms with E-state index in [1.165, 1.54) is 0 Å². The standard InChI is InChI=1S/C14H25N5O/c1-6-7-15-11-17-12(16-10-8-14(10,4)5)19-13(18-11)20-9(2)3/h9-10H,6-8H2,1-5H3,(H2,15,16,17,18,19). The van der Waals surface area contributed by atoms with E-state index in [1.807, 2.05) is 13.8 Å². The zero-order valence-electron chi connectivity index (χ0n) is 13.0. The number of ether oxygens (including phenoxy) is 1. The minimum atomic E-state index is 0.0432. The molecule has 0 bridgehead atoms. The topological polar surface area (TPSA) is 72.0 Å². The quantitative estimate of drug-likeness (QED) is 0.799. The van der Waals surface area contributed by atoms with E-state index in [-0.39, 0.29) is 6.10 Å². The lowest BCUT2D eigenvalue weighted by Gasteiger charge is -2.12. The van der Waals surface area contributed by atoms with Crippen LogP contribution in [0.1, 0.15) is 47.5 Å². The average molecular weight is 279 g/mol. The third-order valence-electron chi connectivity index (χ3n) is 3.31. The Morgan fingerprint density at radius 3 is 2.45 bits per heavy atom. The summed E-state index contributed by atoms with van der Waals surface area (Å²) in [6.45, 7) is 11.3. The Balaban J connectivity index is 2.12. The number of hydrogen-bond acceptors (Lipinski definition) is 6. The van der Waals surface area contributed by atoms with Crippen molar-refractivity contribution in [3.05, 3.63) is 0 Å². The molecule has 6 nitrogen and oxygen atoms in total. The molecule has 1 aliphatic rings. The van der Waals surface area contributed by atoms with Gasteiger partial charge in [-0.1, -0.05) is 20.8 Å². The smallest absolute Gasteiger partial charge is 0.323 e. The van der Waals surface area contributed by atoms with Gasteiger partial charge in [0.2, 0.25) is 11.9 Å². The summed E-state index contributed by atoms with van der Waals surface area (Å²) in [4.78, 5) is 13.0. The molecule has 1 aromatic rings. The Hall–Kier alpha value is -1.59. The van der Waals surface area contributed by atoms with Crippen molar-refractivity contribution in [1.82, 2.24) is 15.0 Å². The van der Waals surface area contributed by atoms with Crippen LogP contribution in [0.4, 0.5) is 11.9 Å². The molecule has 1 saturated carbocycles. The van der Waals surface area contributed by atoms with E-state index >= 15 is 0 Å². The molecule has 2 N–H and O–H groups in total. The Morgan fingerprint density at radius 1 is 1.25 bits per heavy atom. The Bertz CT molecular complexity index is 461. The highest BCUT2D eigenvalue weighted by Gasteiger charge is 2.46. The maximum Gasteiger partial charge on any atom is 0.323 e. The Morgan fingerprint density at radius 2 is 1.90 bits per heavy atom. The van der Waals surface area contributed by atoms with Crippen molar-refractivity contribution in [2.24, 2.45) is 5.41 Å². The Kier molecular flexibility index (Phi) is 4.30. The van der Waals surface area contributed by atoms with E-state index in [0.717, 1.165) is 19.4 Å². The number of rotatable bonds is 7. The summed E-state index contributed by atoms with van der Waals surface area (Å²) in [6, 6.07) is 0.797. The lowest BCUT2D eigenvalue weighted by atomic mass is 10.2. The van der Waals surface area contributed by atoms with E-state index in [9.17, 15) is 0 Å². The average Bonchev–Trinajstić information content (AvgIpc) is 2.92. The van der Waals surface area contributed by atoms with Gasteiger partial charge in [0.05, 0.1) is 6.10 Å². The van der Waals surface area contributed by atoms with Crippen LogP contribution in [0.15, 0.2) is 0 Å². The molecule has 1 aromatic heterocycles. The van der Waals surface area contributed by atoms with Crippen LogP contribution in [-0.4, -0.2) is 33.6 Å². The molecule has 0 aromatic carbocycles. The fraction of sp³-hybridized carbons (Fsp3) is 0.786. The second kappa shape index (κ2) is 5.81. The van der Waals surface area contributed by atoms with Gasteiger partial charge >= 0.3 is 6.01 Å². The summed E-state index contributed by atoms with van der Waals surface area (Å²) in [6.07, 6.45) is 2.20. The number of hydrogen-bond donors (Lipinski definition) is 2. The molecule has 0 radical (unpaired) electrons. The predicted molar refractivity (Wildman–Crippen MR) is 80.2 cm³/mol. The van der Waals surface area contributed by atoms with Gasteiger partial charge in [0.1, 0.15) is 0 Å². The monoisotopic (exact) mass is 279 g/mol. The summed E-state index contributed by atoms with van der Waals surface area (Å²) < 4.78 is 5.59. The van der Waals surface area contributed by atoms with Crippen LogP contribution in [0.5, 0.6) is 6.01 Å². The third kappa shape index (κ3) is 3.95. The van der Waals surface area contributed by atoms with Gasteiger partial charge < -0.3 is 15.4 Å². The Labute approximate surface area is 120 Å². The van der Waals surface area contributed by atoms with E-state index in [1.54, 1.807) is 0 Å². The van der Waals surface area contributed by atoms with Gasteiger partial charge in [-0.3, -0.25) is 0 Å². The highest BCUT2D eigenvalue weighted by Crippen LogP contribution is 2.46. The fourth-order valence-corrected chi connectivity index (χ4v) is 1.87. The van der Waals surface area contributed by atoms with E-state index in [2.05, 4.69) is 46.4 Å².